The number of ether oxygens (including phenoxy) is 1. The van der Waals surface area contributed by atoms with Gasteiger partial charge in [0.15, 0.2) is 11.9 Å². The quantitative estimate of drug-likeness (QED) is 0.528. The molecule has 0 saturated heterocycles. The average Bonchev–Trinajstić information content (AvgIpc) is 2.69. The lowest BCUT2D eigenvalue weighted by atomic mass is 10.1. The highest BCUT2D eigenvalue weighted by atomic mass is 79.9. The molecule has 0 unspecified atom stereocenters. The summed E-state index contributed by atoms with van der Waals surface area (Å²) in [5, 5.41) is 12.7. The number of rotatable bonds is 6. The van der Waals surface area contributed by atoms with Crippen molar-refractivity contribution in [1.29, 1.82) is 0 Å². The number of benzene rings is 1. The highest BCUT2D eigenvalue weighted by Crippen LogP contribution is 2.37. The second-order valence-corrected chi connectivity index (χ2v) is 7.73. The van der Waals surface area contributed by atoms with Gasteiger partial charge < -0.3 is 10.1 Å². The van der Waals surface area contributed by atoms with Crippen LogP contribution in [0.25, 0.3) is 11.3 Å². The molecule has 1 N–H and O–H groups in total. The zero-order valence-corrected chi connectivity index (χ0v) is 16.3. The lowest BCUT2D eigenvalue weighted by Gasteiger charge is -2.13. The van der Waals surface area contributed by atoms with E-state index in [9.17, 15) is 0 Å². The zero-order chi connectivity index (χ0) is 16.9. The molecule has 1 aliphatic heterocycles. The zero-order valence-electron chi connectivity index (χ0n) is 13.9. The molecule has 0 radical (unpaired) electrons. The normalized spacial score (nSPS) is 15.7. The van der Waals surface area contributed by atoms with Gasteiger partial charge in [-0.15, -0.1) is 10.2 Å². The molecule has 24 heavy (non-hydrogen) atoms. The first-order valence-electron chi connectivity index (χ1n) is 8.28. The van der Waals surface area contributed by atoms with Crippen molar-refractivity contribution in [3.05, 3.63) is 22.7 Å². The number of halogens is 1. The maximum atomic E-state index is 5.91. The number of hydrogen-bond donors (Lipinski definition) is 1. The predicted molar refractivity (Wildman–Crippen MR) is 102 cm³/mol. The molecule has 2 aromatic rings. The van der Waals surface area contributed by atoms with Gasteiger partial charge in [0.05, 0.1) is 0 Å². The smallest absolute Gasteiger partial charge is 0.247 e. The van der Waals surface area contributed by atoms with Gasteiger partial charge in [0.25, 0.3) is 0 Å². The second kappa shape index (κ2) is 8.16. The minimum absolute atomic E-state index is 0.176. The fourth-order valence-corrected chi connectivity index (χ4v) is 3.69. The molecule has 1 atom stereocenters. The van der Waals surface area contributed by atoms with E-state index in [0.717, 1.165) is 21.5 Å². The molecule has 0 fully saturated rings. The van der Waals surface area contributed by atoms with Crippen molar-refractivity contribution in [2.45, 2.75) is 50.9 Å². The van der Waals surface area contributed by atoms with Crippen molar-refractivity contribution in [3.63, 3.8) is 0 Å². The molecular formula is C17H21BrN4OS. The SMILES string of the molecule is CCCCCCSc1nnc2c(n1)O[C@@H](C)Nc1ccc(Br)cc1-2. The molecule has 0 spiro atoms. The number of nitrogens with one attached hydrogen (secondary N) is 1. The molecule has 0 saturated carbocycles. The first-order chi connectivity index (χ1) is 11.7. The first kappa shape index (κ1) is 17.5. The molecule has 7 heteroatoms. The Morgan fingerprint density at radius 3 is 2.96 bits per heavy atom. The van der Waals surface area contributed by atoms with Gasteiger partial charge in [-0.05, 0) is 31.5 Å². The Labute approximate surface area is 155 Å². The molecule has 0 amide bonds. The van der Waals surface area contributed by atoms with Crippen LogP contribution in [-0.4, -0.2) is 27.2 Å². The maximum absolute atomic E-state index is 5.91. The molecule has 128 valence electrons. The van der Waals surface area contributed by atoms with Gasteiger partial charge >= 0.3 is 0 Å². The van der Waals surface area contributed by atoms with Crippen LogP contribution in [0, 0.1) is 0 Å². The second-order valence-electron chi connectivity index (χ2n) is 5.75. The molecule has 0 bridgehead atoms. The highest BCUT2D eigenvalue weighted by molar-refractivity contribution is 9.10. The van der Waals surface area contributed by atoms with Crippen LogP contribution < -0.4 is 10.1 Å². The lowest BCUT2D eigenvalue weighted by Crippen LogP contribution is -2.21. The summed E-state index contributed by atoms with van der Waals surface area (Å²) in [7, 11) is 0. The van der Waals surface area contributed by atoms with Gasteiger partial charge in [0, 0.05) is 21.5 Å². The van der Waals surface area contributed by atoms with Gasteiger partial charge in [0.2, 0.25) is 11.0 Å². The van der Waals surface area contributed by atoms with Gasteiger partial charge in [-0.2, -0.15) is 4.98 Å². The topological polar surface area (TPSA) is 59.9 Å². The highest BCUT2D eigenvalue weighted by Gasteiger charge is 2.23. The molecule has 2 heterocycles. The van der Waals surface area contributed by atoms with Crippen LogP contribution in [0.4, 0.5) is 5.69 Å². The average molecular weight is 409 g/mol. The van der Waals surface area contributed by atoms with Crippen molar-refractivity contribution >= 4 is 33.4 Å². The van der Waals surface area contributed by atoms with E-state index in [1.165, 1.54) is 25.7 Å². The molecule has 1 aliphatic rings. The molecule has 0 aliphatic carbocycles. The first-order valence-corrected chi connectivity index (χ1v) is 10.1. The fraction of sp³-hybridized carbons (Fsp3) is 0.471. The molecule has 1 aromatic heterocycles. The number of anilines is 1. The summed E-state index contributed by atoms with van der Waals surface area (Å²) in [6.07, 6.45) is 4.77. The fourth-order valence-electron chi connectivity index (χ4n) is 2.56. The van der Waals surface area contributed by atoms with E-state index in [2.05, 4.69) is 43.4 Å². The molecule has 1 aromatic carbocycles. The Morgan fingerprint density at radius 1 is 1.25 bits per heavy atom. The third-order valence-electron chi connectivity index (χ3n) is 3.75. The minimum Gasteiger partial charge on any atom is -0.452 e. The van der Waals surface area contributed by atoms with Gasteiger partial charge in [-0.3, -0.25) is 0 Å². The standard InChI is InChI=1S/C17H21BrN4OS/c1-3-4-5-6-9-24-17-20-16-15(21-22-17)13-10-12(18)7-8-14(13)19-11(2)23-16/h7-8,10-11,19H,3-6,9H2,1-2H3/t11-/m0/s1. The Balaban J connectivity index is 1.81. The summed E-state index contributed by atoms with van der Waals surface area (Å²) in [5.41, 5.74) is 2.60. The van der Waals surface area contributed by atoms with Crippen molar-refractivity contribution in [3.8, 4) is 17.1 Å². The predicted octanol–water partition coefficient (Wildman–Crippen LogP) is 5.12. The van der Waals surface area contributed by atoms with E-state index in [-0.39, 0.29) is 6.23 Å². The van der Waals surface area contributed by atoms with Gasteiger partial charge in [-0.1, -0.05) is 53.9 Å². The van der Waals surface area contributed by atoms with Crippen LogP contribution >= 0.6 is 27.7 Å². The number of hydrogen-bond acceptors (Lipinski definition) is 6. The maximum Gasteiger partial charge on any atom is 0.247 e. The molecule has 5 nitrogen and oxygen atoms in total. The minimum atomic E-state index is -0.176. The lowest BCUT2D eigenvalue weighted by molar-refractivity contribution is 0.240. The van der Waals surface area contributed by atoms with Crippen molar-refractivity contribution < 1.29 is 4.74 Å². The number of nitrogens with zero attached hydrogens (tertiary/aromatic N) is 3. The van der Waals surface area contributed by atoms with Crippen molar-refractivity contribution in [2.75, 3.05) is 11.1 Å². The monoisotopic (exact) mass is 408 g/mol. The Kier molecular flexibility index (Phi) is 5.94. The molecule has 3 rings (SSSR count). The third kappa shape index (κ3) is 4.19. The molecular weight excluding hydrogens is 388 g/mol. The van der Waals surface area contributed by atoms with Crippen molar-refractivity contribution in [1.82, 2.24) is 15.2 Å². The third-order valence-corrected chi connectivity index (χ3v) is 5.17. The number of aromatic nitrogens is 3. The number of thioether (sulfide) groups is 1. The van der Waals surface area contributed by atoms with Crippen LogP contribution in [0.3, 0.4) is 0 Å². The Morgan fingerprint density at radius 2 is 2.12 bits per heavy atom. The van der Waals surface area contributed by atoms with E-state index >= 15 is 0 Å². The van der Waals surface area contributed by atoms with E-state index in [1.807, 2.05) is 25.1 Å². The van der Waals surface area contributed by atoms with Crippen LogP contribution in [0.2, 0.25) is 0 Å². The van der Waals surface area contributed by atoms with E-state index in [0.29, 0.717) is 16.7 Å². The van der Waals surface area contributed by atoms with Gasteiger partial charge in [0.1, 0.15) is 0 Å². The van der Waals surface area contributed by atoms with Crippen LogP contribution in [0.5, 0.6) is 5.88 Å². The summed E-state index contributed by atoms with van der Waals surface area (Å²) in [5.74, 6) is 1.55. The number of fused-ring (bicyclic) bond motifs is 3. The van der Waals surface area contributed by atoms with E-state index < -0.39 is 0 Å². The van der Waals surface area contributed by atoms with E-state index in [1.54, 1.807) is 11.8 Å². The van der Waals surface area contributed by atoms with Crippen LogP contribution in [0.15, 0.2) is 27.8 Å². The summed E-state index contributed by atoms with van der Waals surface area (Å²) in [6.45, 7) is 4.18. The van der Waals surface area contributed by atoms with E-state index in [4.69, 9.17) is 4.74 Å². The van der Waals surface area contributed by atoms with Crippen LogP contribution in [-0.2, 0) is 0 Å². The summed E-state index contributed by atoms with van der Waals surface area (Å²) < 4.78 is 6.90. The summed E-state index contributed by atoms with van der Waals surface area (Å²) in [4.78, 5) is 4.58. The van der Waals surface area contributed by atoms with Crippen molar-refractivity contribution in [2.24, 2.45) is 0 Å². The Hall–Kier alpha value is -1.34. The Bertz CT molecular complexity index is 713. The number of unbranched alkanes of at least 4 members (excludes halogenated alkanes) is 3. The largest absolute Gasteiger partial charge is 0.452 e. The summed E-state index contributed by atoms with van der Waals surface area (Å²) in [6, 6.07) is 6.01. The van der Waals surface area contributed by atoms with Crippen LogP contribution in [0.1, 0.15) is 39.5 Å². The summed E-state index contributed by atoms with van der Waals surface area (Å²) >= 11 is 5.15. The van der Waals surface area contributed by atoms with Gasteiger partial charge in [-0.25, -0.2) is 0 Å².